The fourth-order valence-electron chi connectivity index (χ4n) is 11.2. The zero-order chi connectivity index (χ0) is 65.0. The van der Waals surface area contributed by atoms with Crippen molar-refractivity contribution in [3.63, 3.8) is 0 Å². The molecule has 0 spiro atoms. The number of nitrogens with one attached hydrogen (secondary N) is 2. The first-order valence-corrected chi connectivity index (χ1v) is 31.0. The summed E-state index contributed by atoms with van der Waals surface area (Å²) in [7, 11) is 0. The van der Waals surface area contributed by atoms with Crippen LogP contribution < -0.4 is 10.6 Å². The highest BCUT2D eigenvalue weighted by Crippen LogP contribution is 2.42. The van der Waals surface area contributed by atoms with Crippen molar-refractivity contribution in [2.24, 2.45) is 65.1 Å². The molecule has 0 aromatic heterocycles. The van der Waals surface area contributed by atoms with E-state index in [1.807, 2.05) is 27.7 Å². The van der Waals surface area contributed by atoms with Gasteiger partial charge in [0.1, 0.15) is 49.9 Å². The molecule has 3 aliphatic rings. The second kappa shape index (κ2) is 36.5. The van der Waals surface area contributed by atoms with Gasteiger partial charge in [-0.3, -0.25) is 38.4 Å². The monoisotopic (exact) mass is 1230 g/mol. The minimum Gasteiger partial charge on any atom is -0.463 e. The Morgan fingerprint density at radius 1 is 0.465 bits per heavy atom. The van der Waals surface area contributed by atoms with Crippen LogP contribution in [0.4, 0.5) is 0 Å². The van der Waals surface area contributed by atoms with Gasteiger partial charge in [-0.1, -0.05) is 81.6 Å². The molecule has 10 unspecified atom stereocenters. The van der Waals surface area contributed by atoms with E-state index in [4.69, 9.17) is 42.6 Å². The van der Waals surface area contributed by atoms with Crippen LogP contribution in [0, 0.1) is 65.1 Å². The summed E-state index contributed by atoms with van der Waals surface area (Å²) in [6, 6.07) is -2.99. The average Bonchev–Trinajstić information content (AvgIpc) is 1.30. The number of hydrogen-bond acceptors (Lipinski definition) is 22. The number of rotatable bonds is 36. The van der Waals surface area contributed by atoms with E-state index in [-0.39, 0.29) is 79.9 Å². The van der Waals surface area contributed by atoms with Crippen molar-refractivity contribution < 1.29 is 107 Å². The second-order valence-electron chi connectivity index (χ2n) is 25.1. The minimum absolute atomic E-state index is 0.0329. The molecular formula is C62H106N2O22. The molecule has 7 N–H and O–H groups in total. The number of Topliss-reactive ketones (excluding diaryl/α,β-unsaturated/α-hetero) is 3. The highest BCUT2D eigenvalue weighted by molar-refractivity contribution is 5.96. The summed E-state index contributed by atoms with van der Waals surface area (Å²) in [5.74, 6) is -9.23. The van der Waals surface area contributed by atoms with Gasteiger partial charge >= 0.3 is 17.9 Å². The molecule has 0 bridgehead atoms. The van der Waals surface area contributed by atoms with E-state index in [2.05, 4.69) is 31.4 Å². The maximum Gasteiger partial charge on any atom is 0.302 e. The average molecular weight is 1230 g/mol. The molecule has 0 saturated carbocycles. The van der Waals surface area contributed by atoms with Gasteiger partial charge in [0.25, 0.3) is 0 Å². The van der Waals surface area contributed by atoms with Crippen molar-refractivity contribution in [1.29, 1.82) is 0 Å². The molecule has 3 heterocycles. The number of carbonyl (C=O) groups is 8. The molecule has 0 aliphatic carbocycles. The first-order chi connectivity index (χ1) is 40.2. The van der Waals surface area contributed by atoms with E-state index in [1.54, 1.807) is 13.8 Å². The number of amides is 2. The van der Waals surface area contributed by atoms with Crippen LogP contribution in [-0.4, -0.2) is 192 Å². The lowest BCUT2D eigenvalue weighted by atomic mass is 9.78. The van der Waals surface area contributed by atoms with E-state index in [0.717, 1.165) is 12.8 Å². The Balaban J connectivity index is 1.56. The van der Waals surface area contributed by atoms with Crippen molar-refractivity contribution >= 4 is 47.1 Å². The lowest BCUT2D eigenvalue weighted by Crippen LogP contribution is -2.59. The highest BCUT2D eigenvalue weighted by atomic mass is 16.7. The Morgan fingerprint density at radius 3 is 1.36 bits per heavy atom. The summed E-state index contributed by atoms with van der Waals surface area (Å²) < 4.78 is 55.9. The van der Waals surface area contributed by atoms with Gasteiger partial charge < -0.3 is 78.8 Å². The van der Waals surface area contributed by atoms with Gasteiger partial charge in [0.05, 0.1) is 61.2 Å². The van der Waals surface area contributed by atoms with Crippen molar-refractivity contribution in [2.75, 3.05) is 33.0 Å². The van der Waals surface area contributed by atoms with Crippen LogP contribution in [0.5, 0.6) is 0 Å². The molecule has 3 aliphatic heterocycles. The van der Waals surface area contributed by atoms with Gasteiger partial charge in [0.2, 0.25) is 11.8 Å². The molecule has 0 radical (unpaired) electrons. The molecule has 24 nitrogen and oxygen atoms in total. The zero-order valence-electron chi connectivity index (χ0n) is 53.8. The van der Waals surface area contributed by atoms with Crippen molar-refractivity contribution in [3.8, 4) is 0 Å². The smallest absolute Gasteiger partial charge is 0.302 e. The molecule has 24 heteroatoms. The highest BCUT2D eigenvalue weighted by Gasteiger charge is 2.51. The van der Waals surface area contributed by atoms with Gasteiger partial charge in [0, 0.05) is 70.3 Å². The Labute approximate surface area is 508 Å². The maximum absolute atomic E-state index is 13.6. The first kappa shape index (κ1) is 76.2. The lowest BCUT2D eigenvalue weighted by Gasteiger charge is -2.50. The zero-order valence-corrected chi connectivity index (χ0v) is 53.8. The van der Waals surface area contributed by atoms with E-state index in [0.29, 0.717) is 25.9 Å². The van der Waals surface area contributed by atoms with Crippen LogP contribution in [-0.2, 0) is 81.0 Å². The van der Waals surface area contributed by atoms with E-state index < -0.39 is 164 Å². The number of aliphatic hydroxyl groups is 5. The molecule has 0 aromatic carbocycles. The topological polar surface area (TPSA) is 345 Å². The molecule has 86 heavy (non-hydrogen) atoms. The molecule has 3 saturated heterocycles. The number of carbonyl (C=O) groups excluding carboxylic acids is 8. The van der Waals surface area contributed by atoms with Crippen LogP contribution >= 0.6 is 0 Å². The third-order valence-corrected chi connectivity index (χ3v) is 18.2. The largest absolute Gasteiger partial charge is 0.463 e. The number of esters is 3. The predicted molar refractivity (Wildman–Crippen MR) is 311 cm³/mol. The third-order valence-electron chi connectivity index (χ3n) is 18.2. The second-order valence-corrected chi connectivity index (χ2v) is 25.1. The van der Waals surface area contributed by atoms with Gasteiger partial charge in [-0.05, 0) is 70.1 Å². The lowest BCUT2D eigenvalue weighted by molar-refractivity contribution is -0.352. The molecular weight excluding hydrogens is 1120 g/mol. The molecule has 25 atom stereocenters. The molecule has 0 aromatic rings. The Bertz CT molecular complexity index is 2160. The van der Waals surface area contributed by atoms with Gasteiger partial charge in [-0.25, -0.2) is 0 Å². The maximum atomic E-state index is 13.6. The van der Waals surface area contributed by atoms with E-state index in [9.17, 15) is 63.9 Å². The van der Waals surface area contributed by atoms with Crippen LogP contribution in [0.15, 0.2) is 0 Å². The first-order valence-electron chi connectivity index (χ1n) is 31.0. The summed E-state index contributed by atoms with van der Waals surface area (Å²) in [6.45, 7) is 26.3. The standard InChI is InChI=1S/C62H106N2O22/c1-30(48(73)25-47(40(11)67)59(77)64-55(42(13)69)50(75)24-46(26-65)58(76)63-54(41(12)68)49(74)23-31(2)39(10)66)21-19-17-18-20-22-78-60-37(8)34(5)56(52(83-60)28-80-44(15)71)86-62-38(9)35(6)57(53(84-62)29-81-45(16)72)85-61-36(7)32(3)33(4)51(82-61)27-79-43(14)70/h30-42,46-47,51-57,60-62,65-69H,17-29H2,1-16H3,(H,63,76)(H,64,77)/t30-,31-,32-,33+,34+,35+,36?,37?,38?,39?,40?,41?,42?,46-,47-,51?,52?,53?,54-,55-,56+,57+,60+,61-,62-/m0/s1. The summed E-state index contributed by atoms with van der Waals surface area (Å²) in [5, 5.41) is 56.2. The number of aliphatic hydroxyl groups excluding tert-OH is 5. The minimum atomic E-state index is -1.59. The number of hydrogen-bond donors (Lipinski definition) is 7. The summed E-state index contributed by atoms with van der Waals surface area (Å²) >= 11 is 0. The fraction of sp³-hybridized carbons (Fsp3) is 0.871. The number of unbranched alkanes of at least 4 members (excludes halogenated alkanes) is 3. The Morgan fingerprint density at radius 2 is 0.895 bits per heavy atom. The SMILES string of the molecule is CC(=O)OCC1O[C@@H](O[C@H]2C(COC(C)=O)O[C@@H](O[C@H]3C(COC(C)=O)O[C@@H](OCCCCCC[C@H](C)C(=O)C[C@H](C(=O)N[C@H](C(=O)C[C@@H](CO)C(=O)N[C@H](C(=O)C[C@H](C)C(C)O)C(C)O)C(C)O)C(C)O)C(C)[C@H]3C)C(C)[C@H]2C)C(C)[C@@H](C)[C@H]1C. The molecule has 2 amide bonds. The fourth-order valence-corrected chi connectivity index (χ4v) is 11.2. The summed E-state index contributed by atoms with van der Waals surface area (Å²) in [6.07, 6.45) is -8.13. The van der Waals surface area contributed by atoms with Crippen LogP contribution in [0.2, 0.25) is 0 Å². The van der Waals surface area contributed by atoms with Crippen LogP contribution in [0.1, 0.15) is 162 Å². The van der Waals surface area contributed by atoms with Crippen LogP contribution in [0.3, 0.4) is 0 Å². The van der Waals surface area contributed by atoms with Crippen molar-refractivity contribution in [2.45, 2.75) is 248 Å². The molecule has 496 valence electrons. The normalized spacial score (nSPS) is 31.2. The Kier molecular flexibility index (Phi) is 32.4. The molecule has 3 fully saturated rings. The van der Waals surface area contributed by atoms with Crippen molar-refractivity contribution in [1.82, 2.24) is 10.6 Å². The van der Waals surface area contributed by atoms with Gasteiger partial charge in [0.15, 0.2) is 30.4 Å². The predicted octanol–water partition coefficient (Wildman–Crippen LogP) is 3.91. The van der Waals surface area contributed by atoms with E-state index >= 15 is 0 Å². The Hall–Kier alpha value is -4.08. The number of ketones is 3. The van der Waals surface area contributed by atoms with Gasteiger partial charge in [-0.2, -0.15) is 0 Å². The summed E-state index contributed by atoms with van der Waals surface area (Å²) in [4.78, 5) is 103. The third kappa shape index (κ3) is 23.1. The summed E-state index contributed by atoms with van der Waals surface area (Å²) in [5.41, 5.74) is 0. The van der Waals surface area contributed by atoms with Crippen LogP contribution in [0.25, 0.3) is 0 Å². The molecule has 3 rings (SSSR count). The van der Waals surface area contributed by atoms with Crippen molar-refractivity contribution in [3.05, 3.63) is 0 Å². The van der Waals surface area contributed by atoms with E-state index in [1.165, 1.54) is 48.5 Å². The van der Waals surface area contributed by atoms with Gasteiger partial charge in [-0.15, -0.1) is 0 Å². The quantitative estimate of drug-likeness (QED) is 0.0266. The number of ether oxygens (including phenoxy) is 9.